The Hall–Kier alpha value is -2.62. The van der Waals surface area contributed by atoms with Crippen LogP contribution in [-0.4, -0.2) is 24.1 Å². The molecular weight excluding hydrogens is 352 g/mol. The number of carbonyl (C=O) groups excluding carboxylic acids is 2. The van der Waals surface area contributed by atoms with Gasteiger partial charge < -0.3 is 9.47 Å². The van der Waals surface area contributed by atoms with Gasteiger partial charge in [0.25, 0.3) is 0 Å². The summed E-state index contributed by atoms with van der Waals surface area (Å²) in [6, 6.07) is 14.6. The molecule has 0 bridgehead atoms. The molecule has 0 aromatic heterocycles. The van der Waals surface area contributed by atoms with Crippen molar-refractivity contribution in [1.29, 1.82) is 0 Å². The summed E-state index contributed by atoms with van der Waals surface area (Å²) in [5.41, 5.74) is 3.23. The molecule has 0 saturated heterocycles. The molecule has 28 heavy (non-hydrogen) atoms. The first-order chi connectivity index (χ1) is 13.2. The van der Waals surface area contributed by atoms with E-state index >= 15 is 0 Å². The normalized spacial score (nSPS) is 13.1. The van der Waals surface area contributed by atoms with E-state index in [4.69, 9.17) is 9.47 Å². The molecule has 4 nitrogen and oxygen atoms in total. The average molecular weight is 383 g/mol. The Morgan fingerprint density at radius 1 is 0.714 bits per heavy atom. The minimum atomic E-state index is -0.361. The molecule has 0 N–H and O–H groups in total. The maximum absolute atomic E-state index is 12.5. The molecule has 150 valence electrons. The smallest absolute Gasteiger partial charge is 0.338 e. The summed E-state index contributed by atoms with van der Waals surface area (Å²) in [5.74, 6) is -0.348. The Balaban J connectivity index is 1.98. The predicted octanol–water partition coefficient (Wildman–Crippen LogP) is 5.51. The Morgan fingerprint density at radius 2 is 1.14 bits per heavy atom. The van der Waals surface area contributed by atoms with Gasteiger partial charge in [0.1, 0.15) is 12.2 Å². The van der Waals surface area contributed by atoms with Gasteiger partial charge in [-0.25, -0.2) is 9.59 Å². The molecule has 0 heterocycles. The quantitative estimate of drug-likeness (QED) is 0.565. The van der Waals surface area contributed by atoms with Crippen molar-refractivity contribution in [3.8, 4) is 0 Å². The maximum Gasteiger partial charge on any atom is 0.338 e. The van der Waals surface area contributed by atoms with Crippen LogP contribution in [0.2, 0.25) is 0 Å². The first-order valence-corrected chi connectivity index (χ1v) is 9.80. The molecule has 2 rings (SSSR count). The SMILES string of the molecule is Cc1ccc(C(=O)OC(C)CC(CC(C)C)OC(=O)c2ccc(C)cc2)cc1. The third-order valence-corrected chi connectivity index (χ3v) is 4.49. The number of benzene rings is 2. The average Bonchev–Trinajstić information content (AvgIpc) is 2.61. The van der Waals surface area contributed by atoms with Crippen molar-refractivity contribution in [3.05, 3.63) is 70.8 Å². The highest BCUT2D eigenvalue weighted by Gasteiger charge is 2.22. The fourth-order valence-electron chi connectivity index (χ4n) is 2.99. The first kappa shape index (κ1) is 21.7. The number of esters is 2. The van der Waals surface area contributed by atoms with Crippen LogP contribution in [0, 0.1) is 19.8 Å². The molecule has 0 radical (unpaired) electrons. The van der Waals surface area contributed by atoms with E-state index in [1.165, 1.54) is 0 Å². The minimum absolute atomic E-state index is 0.311. The molecule has 0 amide bonds. The molecule has 2 unspecified atom stereocenters. The van der Waals surface area contributed by atoms with E-state index in [1.54, 1.807) is 24.3 Å². The van der Waals surface area contributed by atoms with E-state index in [0.717, 1.165) is 11.1 Å². The van der Waals surface area contributed by atoms with Gasteiger partial charge in [-0.1, -0.05) is 49.2 Å². The van der Waals surface area contributed by atoms with Gasteiger partial charge in [-0.3, -0.25) is 0 Å². The van der Waals surface area contributed by atoms with Gasteiger partial charge in [0, 0.05) is 6.42 Å². The molecule has 0 aliphatic heterocycles. The van der Waals surface area contributed by atoms with E-state index in [1.807, 2.05) is 45.0 Å². The predicted molar refractivity (Wildman–Crippen MR) is 111 cm³/mol. The Kier molecular flexibility index (Phi) is 7.80. The van der Waals surface area contributed by atoms with E-state index in [9.17, 15) is 9.59 Å². The second kappa shape index (κ2) is 10.1. The lowest BCUT2D eigenvalue weighted by atomic mass is 10.0. The van der Waals surface area contributed by atoms with Gasteiger partial charge in [0.15, 0.2) is 0 Å². The van der Waals surface area contributed by atoms with Gasteiger partial charge >= 0.3 is 11.9 Å². The van der Waals surface area contributed by atoms with Crippen LogP contribution in [0.1, 0.15) is 65.5 Å². The highest BCUT2D eigenvalue weighted by molar-refractivity contribution is 5.90. The zero-order chi connectivity index (χ0) is 20.7. The lowest BCUT2D eigenvalue weighted by molar-refractivity contribution is -0.000877. The Bertz CT molecular complexity index is 775. The summed E-state index contributed by atoms with van der Waals surface area (Å²) in [6.45, 7) is 9.93. The summed E-state index contributed by atoms with van der Waals surface area (Å²) in [7, 11) is 0. The lowest BCUT2D eigenvalue weighted by Gasteiger charge is -2.23. The summed E-state index contributed by atoms with van der Waals surface area (Å²) in [6.07, 6.45) is 0.509. The van der Waals surface area contributed by atoms with E-state index in [0.29, 0.717) is 29.9 Å². The number of carbonyl (C=O) groups is 2. The van der Waals surface area contributed by atoms with Crippen LogP contribution in [-0.2, 0) is 9.47 Å². The number of ether oxygens (including phenoxy) is 2. The van der Waals surface area contributed by atoms with Crippen molar-refractivity contribution in [1.82, 2.24) is 0 Å². The molecule has 0 aliphatic carbocycles. The van der Waals surface area contributed by atoms with Crippen LogP contribution in [0.15, 0.2) is 48.5 Å². The second-order valence-corrected chi connectivity index (χ2v) is 7.84. The zero-order valence-electron chi connectivity index (χ0n) is 17.4. The van der Waals surface area contributed by atoms with E-state index in [2.05, 4.69) is 13.8 Å². The fourth-order valence-corrected chi connectivity index (χ4v) is 2.99. The van der Waals surface area contributed by atoms with Crippen LogP contribution in [0.25, 0.3) is 0 Å². The molecule has 2 aromatic rings. The summed E-state index contributed by atoms with van der Waals surface area (Å²) in [4.78, 5) is 24.8. The van der Waals surface area contributed by atoms with Crippen molar-refractivity contribution < 1.29 is 19.1 Å². The Labute approximate surface area is 167 Å². The van der Waals surface area contributed by atoms with Crippen molar-refractivity contribution in [2.24, 2.45) is 5.92 Å². The molecule has 0 saturated carbocycles. The number of hydrogen-bond donors (Lipinski definition) is 0. The van der Waals surface area contributed by atoms with Crippen LogP contribution >= 0.6 is 0 Å². The highest BCUT2D eigenvalue weighted by atomic mass is 16.6. The molecular formula is C24H30O4. The van der Waals surface area contributed by atoms with Gasteiger partial charge in [0.2, 0.25) is 0 Å². The molecule has 0 aliphatic rings. The van der Waals surface area contributed by atoms with Gasteiger partial charge in [-0.2, -0.15) is 0 Å². The monoisotopic (exact) mass is 382 g/mol. The number of rotatable bonds is 8. The van der Waals surface area contributed by atoms with E-state index in [-0.39, 0.29) is 24.1 Å². The summed E-state index contributed by atoms with van der Waals surface area (Å²) < 4.78 is 11.3. The van der Waals surface area contributed by atoms with Gasteiger partial charge in [0.05, 0.1) is 11.1 Å². The molecule has 0 fully saturated rings. The first-order valence-electron chi connectivity index (χ1n) is 9.80. The van der Waals surface area contributed by atoms with E-state index < -0.39 is 0 Å². The zero-order valence-corrected chi connectivity index (χ0v) is 17.4. The maximum atomic E-state index is 12.5. The standard InChI is InChI=1S/C24H30O4/c1-16(2)14-22(28-24(26)21-12-8-18(4)9-13-21)15-19(5)27-23(25)20-10-6-17(3)7-11-20/h6-13,16,19,22H,14-15H2,1-5H3. The highest BCUT2D eigenvalue weighted by Crippen LogP contribution is 2.18. The second-order valence-electron chi connectivity index (χ2n) is 7.84. The van der Waals surface area contributed by atoms with Crippen molar-refractivity contribution in [3.63, 3.8) is 0 Å². The minimum Gasteiger partial charge on any atom is -0.459 e. The van der Waals surface area contributed by atoms with Crippen LogP contribution in [0.4, 0.5) is 0 Å². The van der Waals surface area contributed by atoms with Crippen molar-refractivity contribution >= 4 is 11.9 Å². The van der Waals surface area contributed by atoms with Gasteiger partial charge in [-0.05, 0) is 57.4 Å². The third kappa shape index (κ3) is 6.84. The molecule has 4 heteroatoms. The van der Waals surface area contributed by atoms with Crippen LogP contribution in [0.5, 0.6) is 0 Å². The van der Waals surface area contributed by atoms with Crippen LogP contribution < -0.4 is 0 Å². The molecule has 0 spiro atoms. The number of hydrogen-bond acceptors (Lipinski definition) is 4. The van der Waals surface area contributed by atoms with Crippen molar-refractivity contribution in [2.75, 3.05) is 0 Å². The largest absolute Gasteiger partial charge is 0.459 e. The van der Waals surface area contributed by atoms with Crippen molar-refractivity contribution in [2.45, 2.75) is 59.7 Å². The molecule has 2 aromatic carbocycles. The number of aryl methyl sites for hydroxylation is 2. The summed E-state index contributed by atoms with van der Waals surface area (Å²) in [5, 5.41) is 0. The van der Waals surface area contributed by atoms with Gasteiger partial charge in [-0.15, -0.1) is 0 Å². The Morgan fingerprint density at radius 3 is 1.57 bits per heavy atom. The lowest BCUT2D eigenvalue weighted by Crippen LogP contribution is -2.27. The van der Waals surface area contributed by atoms with Crippen LogP contribution in [0.3, 0.4) is 0 Å². The summed E-state index contributed by atoms with van der Waals surface area (Å²) >= 11 is 0. The third-order valence-electron chi connectivity index (χ3n) is 4.49. The molecule has 2 atom stereocenters. The topological polar surface area (TPSA) is 52.6 Å². The fraction of sp³-hybridized carbons (Fsp3) is 0.417.